The molecule has 0 bridgehead atoms. The molecule has 11 heavy (non-hydrogen) atoms. The molecule has 0 aromatic heterocycles. The number of nitrogens with one attached hydrogen (secondary N) is 1. The van der Waals surface area contributed by atoms with Crippen LogP contribution in [-0.2, 0) is 9.78 Å². The van der Waals surface area contributed by atoms with Gasteiger partial charge >= 0.3 is 0 Å². The summed E-state index contributed by atoms with van der Waals surface area (Å²) in [6.45, 7) is 6.31. The van der Waals surface area contributed by atoms with E-state index in [0.29, 0.717) is 13.3 Å². The number of hydrogen-bond acceptors (Lipinski definition) is 3. The van der Waals surface area contributed by atoms with Gasteiger partial charge in [0.05, 0.1) is 6.61 Å². The zero-order valence-electron chi connectivity index (χ0n) is 7.56. The van der Waals surface area contributed by atoms with Crippen LogP contribution in [0.3, 0.4) is 0 Å². The van der Waals surface area contributed by atoms with E-state index in [1.54, 1.807) is 0 Å². The van der Waals surface area contributed by atoms with Crippen molar-refractivity contribution in [1.82, 2.24) is 5.32 Å². The van der Waals surface area contributed by atoms with Crippen LogP contribution in [0.15, 0.2) is 0 Å². The summed E-state index contributed by atoms with van der Waals surface area (Å²) < 4.78 is 0. The molecule has 3 nitrogen and oxygen atoms in total. The van der Waals surface area contributed by atoms with Crippen LogP contribution >= 0.6 is 0 Å². The summed E-state index contributed by atoms with van der Waals surface area (Å²) in [5.41, 5.74) is 0. The van der Waals surface area contributed by atoms with Gasteiger partial charge in [-0.1, -0.05) is 26.7 Å². The van der Waals surface area contributed by atoms with Gasteiger partial charge in [-0.05, 0) is 13.0 Å². The van der Waals surface area contributed by atoms with Crippen LogP contribution in [0, 0.1) is 0 Å². The maximum absolute atomic E-state index is 4.88. The van der Waals surface area contributed by atoms with Crippen molar-refractivity contribution in [3.8, 4) is 0 Å². The summed E-state index contributed by atoms with van der Waals surface area (Å²) in [5.74, 6) is 0. The van der Waals surface area contributed by atoms with Crippen molar-refractivity contribution >= 4 is 0 Å². The van der Waals surface area contributed by atoms with E-state index in [1.165, 1.54) is 12.8 Å². The zero-order valence-corrected chi connectivity index (χ0v) is 7.56. The number of hydrogen-bond donors (Lipinski definition) is 1. The SMILES string of the molecule is CCCCCOOCNCC. The van der Waals surface area contributed by atoms with Gasteiger partial charge in [0, 0.05) is 0 Å². The van der Waals surface area contributed by atoms with Crippen molar-refractivity contribution in [2.75, 3.05) is 19.9 Å². The highest BCUT2D eigenvalue weighted by atomic mass is 17.2. The van der Waals surface area contributed by atoms with Crippen LogP contribution in [0.5, 0.6) is 0 Å². The Balaban J connectivity index is 2.69. The first-order valence-electron chi connectivity index (χ1n) is 4.37. The molecule has 0 atom stereocenters. The van der Waals surface area contributed by atoms with Gasteiger partial charge in [0.2, 0.25) is 0 Å². The van der Waals surface area contributed by atoms with E-state index >= 15 is 0 Å². The van der Waals surface area contributed by atoms with Gasteiger partial charge in [-0.3, -0.25) is 5.32 Å². The van der Waals surface area contributed by atoms with E-state index in [9.17, 15) is 0 Å². The monoisotopic (exact) mass is 161 g/mol. The molecule has 0 fully saturated rings. The van der Waals surface area contributed by atoms with Gasteiger partial charge in [-0.2, -0.15) is 0 Å². The Hall–Kier alpha value is -0.120. The van der Waals surface area contributed by atoms with Crippen molar-refractivity contribution in [2.24, 2.45) is 0 Å². The number of unbranched alkanes of at least 4 members (excludes halogenated alkanes) is 2. The predicted octanol–water partition coefficient (Wildman–Crippen LogP) is 1.69. The number of rotatable bonds is 8. The van der Waals surface area contributed by atoms with E-state index in [4.69, 9.17) is 9.78 Å². The highest BCUT2D eigenvalue weighted by Gasteiger charge is 1.87. The maximum Gasteiger partial charge on any atom is 0.133 e. The van der Waals surface area contributed by atoms with E-state index < -0.39 is 0 Å². The third kappa shape index (κ3) is 9.88. The molecular weight excluding hydrogens is 142 g/mol. The van der Waals surface area contributed by atoms with Gasteiger partial charge in [-0.25, -0.2) is 9.78 Å². The molecule has 0 aliphatic carbocycles. The molecule has 0 aromatic rings. The molecule has 0 unspecified atom stereocenters. The Morgan fingerprint density at radius 1 is 1.09 bits per heavy atom. The van der Waals surface area contributed by atoms with Crippen molar-refractivity contribution < 1.29 is 9.78 Å². The first kappa shape index (κ1) is 10.9. The van der Waals surface area contributed by atoms with Crippen molar-refractivity contribution in [2.45, 2.75) is 33.1 Å². The molecule has 68 valence electrons. The fourth-order valence-electron chi connectivity index (χ4n) is 0.655. The van der Waals surface area contributed by atoms with E-state index in [1.807, 2.05) is 6.92 Å². The Morgan fingerprint density at radius 3 is 2.55 bits per heavy atom. The Kier molecular flexibility index (Phi) is 9.77. The van der Waals surface area contributed by atoms with Crippen molar-refractivity contribution in [1.29, 1.82) is 0 Å². The minimum Gasteiger partial charge on any atom is -0.292 e. The third-order valence-corrected chi connectivity index (χ3v) is 1.33. The van der Waals surface area contributed by atoms with Crippen LogP contribution in [0.4, 0.5) is 0 Å². The molecule has 0 aromatic carbocycles. The average Bonchev–Trinajstić information content (AvgIpc) is 2.03. The normalized spacial score (nSPS) is 10.4. The van der Waals surface area contributed by atoms with Crippen LogP contribution < -0.4 is 5.32 Å². The summed E-state index contributed by atoms with van der Waals surface area (Å²) in [5, 5.41) is 2.99. The lowest BCUT2D eigenvalue weighted by Gasteiger charge is -2.02. The Morgan fingerprint density at radius 2 is 1.91 bits per heavy atom. The lowest BCUT2D eigenvalue weighted by Crippen LogP contribution is -2.17. The standard InChI is InChI=1S/C8H19NO2/c1-3-5-6-7-10-11-8-9-4-2/h9H,3-8H2,1-2H3. The molecule has 0 spiro atoms. The summed E-state index contributed by atoms with van der Waals surface area (Å²) in [6.07, 6.45) is 3.52. The smallest absolute Gasteiger partial charge is 0.133 e. The van der Waals surface area contributed by atoms with Crippen molar-refractivity contribution in [3.05, 3.63) is 0 Å². The Bertz CT molecular complexity index is 61.1. The molecule has 0 amide bonds. The fourth-order valence-corrected chi connectivity index (χ4v) is 0.655. The highest BCUT2D eigenvalue weighted by Crippen LogP contribution is 1.93. The minimum absolute atomic E-state index is 0.489. The minimum atomic E-state index is 0.489. The second-order valence-corrected chi connectivity index (χ2v) is 2.39. The van der Waals surface area contributed by atoms with Gasteiger partial charge in [-0.15, -0.1) is 0 Å². The highest BCUT2D eigenvalue weighted by molar-refractivity contribution is 4.32. The summed E-state index contributed by atoms with van der Waals surface area (Å²) >= 11 is 0. The molecular formula is C8H19NO2. The summed E-state index contributed by atoms with van der Waals surface area (Å²) in [6, 6.07) is 0. The van der Waals surface area contributed by atoms with Crippen LogP contribution in [0.25, 0.3) is 0 Å². The van der Waals surface area contributed by atoms with Gasteiger partial charge in [0.25, 0.3) is 0 Å². The molecule has 0 aliphatic rings. The largest absolute Gasteiger partial charge is 0.292 e. The topological polar surface area (TPSA) is 30.5 Å². The average molecular weight is 161 g/mol. The molecule has 0 heterocycles. The Labute approximate surface area is 69.0 Å². The van der Waals surface area contributed by atoms with Gasteiger partial charge < -0.3 is 0 Å². The first-order chi connectivity index (χ1) is 5.41. The zero-order chi connectivity index (χ0) is 8.36. The third-order valence-electron chi connectivity index (χ3n) is 1.33. The predicted molar refractivity (Wildman–Crippen MR) is 45.1 cm³/mol. The molecule has 0 aliphatic heterocycles. The van der Waals surface area contributed by atoms with Crippen LogP contribution in [-0.4, -0.2) is 19.9 Å². The van der Waals surface area contributed by atoms with Crippen LogP contribution in [0.2, 0.25) is 0 Å². The second-order valence-electron chi connectivity index (χ2n) is 2.39. The summed E-state index contributed by atoms with van der Waals surface area (Å²) in [4.78, 5) is 9.68. The van der Waals surface area contributed by atoms with E-state index in [0.717, 1.165) is 13.0 Å². The quantitative estimate of drug-likeness (QED) is 0.254. The van der Waals surface area contributed by atoms with E-state index in [-0.39, 0.29) is 0 Å². The van der Waals surface area contributed by atoms with Gasteiger partial charge in [0.1, 0.15) is 6.73 Å². The molecule has 1 N–H and O–H groups in total. The lowest BCUT2D eigenvalue weighted by molar-refractivity contribution is -0.298. The second kappa shape index (κ2) is 9.88. The fraction of sp³-hybridized carbons (Fsp3) is 1.00. The first-order valence-corrected chi connectivity index (χ1v) is 4.37. The van der Waals surface area contributed by atoms with Crippen molar-refractivity contribution in [3.63, 3.8) is 0 Å². The molecule has 0 radical (unpaired) electrons. The molecule has 0 rings (SSSR count). The molecule has 0 saturated heterocycles. The summed E-state index contributed by atoms with van der Waals surface area (Å²) in [7, 11) is 0. The van der Waals surface area contributed by atoms with Crippen LogP contribution in [0.1, 0.15) is 33.1 Å². The lowest BCUT2D eigenvalue weighted by atomic mass is 10.3. The maximum atomic E-state index is 4.88. The van der Waals surface area contributed by atoms with E-state index in [2.05, 4.69) is 12.2 Å². The van der Waals surface area contributed by atoms with Gasteiger partial charge in [0.15, 0.2) is 0 Å². The molecule has 3 heteroatoms. The molecule has 0 saturated carbocycles.